The molecule has 3 N–H and O–H groups in total. The van der Waals surface area contributed by atoms with Crippen LogP contribution in [0.25, 0.3) is 0 Å². The van der Waals surface area contributed by atoms with Crippen LogP contribution in [-0.2, 0) is 9.53 Å². The maximum absolute atomic E-state index is 11.0. The lowest BCUT2D eigenvalue weighted by Crippen LogP contribution is -2.16. The van der Waals surface area contributed by atoms with Gasteiger partial charge in [-0.1, -0.05) is 0 Å². The molecule has 1 saturated heterocycles. The van der Waals surface area contributed by atoms with E-state index in [4.69, 9.17) is 10.5 Å². The molecule has 0 saturated carbocycles. The molecule has 0 bridgehead atoms. The van der Waals surface area contributed by atoms with Gasteiger partial charge in [-0.25, -0.2) is 0 Å². The predicted octanol–water partition coefficient (Wildman–Crippen LogP) is 0.493. The zero-order valence-electron chi connectivity index (χ0n) is 7.93. The van der Waals surface area contributed by atoms with E-state index in [0.717, 1.165) is 25.1 Å². The van der Waals surface area contributed by atoms with Gasteiger partial charge in [0.1, 0.15) is 0 Å². The number of nitrogens with two attached hydrogens (primary N) is 1. The number of allylic oxidation sites excluding steroid dienone is 1. The third-order valence-corrected chi connectivity index (χ3v) is 1.97. The minimum Gasteiger partial charge on any atom is -0.466 e. The molecular weight excluding hydrogens is 168 g/mol. The summed E-state index contributed by atoms with van der Waals surface area (Å²) in [4.78, 5) is 11.0. The fraction of sp³-hybridized carbons (Fsp3) is 0.667. The average molecular weight is 184 g/mol. The summed E-state index contributed by atoms with van der Waals surface area (Å²) in [6, 6.07) is 0. The van der Waals surface area contributed by atoms with Crippen molar-refractivity contribution in [2.75, 3.05) is 13.2 Å². The molecule has 0 spiro atoms. The van der Waals surface area contributed by atoms with Crippen LogP contribution in [0.5, 0.6) is 0 Å². The van der Waals surface area contributed by atoms with E-state index in [1.54, 1.807) is 6.92 Å². The summed E-state index contributed by atoms with van der Waals surface area (Å²) in [5, 5.41) is 3.15. The first-order valence-corrected chi connectivity index (χ1v) is 4.61. The van der Waals surface area contributed by atoms with Gasteiger partial charge < -0.3 is 15.8 Å². The minimum atomic E-state index is -0.249. The number of ether oxygens (including phenoxy) is 1. The van der Waals surface area contributed by atoms with Gasteiger partial charge >= 0.3 is 5.97 Å². The van der Waals surface area contributed by atoms with Gasteiger partial charge in [-0.2, -0.15) is 0 Å². The highest BCUT2D eigenvalue weighted by Crippen LogP contribution is 2.13. The molecule has 1 rings (SSSR count). The molecule has 0 aromatic carbocycles. The maximum atomic E-state index is 11.0. The summed E-state index contributed by atoms with van der Waals surface area (Å²) < 4.78 is 4.79. The molecule has 0 unspecified atom stereocenters. The van der Waals surface area contributed by atoms with Gasteiger partial charge in [-0.3, -0.25) is 4.79 Å². The van der Waals surface area contributed by atoms with E-state index >= 15 is 0 Å². The van der Waals surface area contributed by atoms with Gasteiger partial charge in [0.05, 0.1) is 13.0 Å². The molecule has 0 amide bonds. The van der Waals surface area contributed by atoms with Crippen LogP contribution in [0.3, 0.4) is 0 Å². The van der Waals surface area contributed by atoms with Crippen molar-refractivity contribution in [2.24, 2.45) is 5.73 Å². The molecule has 13 heavy (non-hydrogen) atoms. The Morgan fingerprint density at radius 1 is 1.69 bits per heavy atom. The SMILES string of the molecule is CCOC(=O)CC(N)=C1CCCN1. The molecule has 4 heteroatoms. The Morgan fingerprint density at radius 3 is 3.00 bits per heavy atom. The molecular formula is C9H16N2O2. The zero-order valence-corrected chi connectivity index (χ0v) is 7.93. The minimum absolute atomic E-state index is 0.205. The maximum Gasteiger partial charge on any atom is 0.311 e. The molecule has 74 valence electrons. The number of hydrogen-bond donors (Lipinski definition) is 2. The Labute approximate surface area is 78.1 Å². The molecule has 1 heterocycles. The zero-order chi connectivity index (χ0) is 9.68. The Morgan fingerprint density at radius 2 is 2.46 bits per heavy atom. The summed E-state index contributed by atoms with van der Waals surface area (Å²) in [5.41, 5.74) is 7.36. The fourth-order valence-electron chi connectivity index (χ4n) is 1.34. The van der Waals surface area contributed by atoms with Crippen LogP contribution >= 0.6 is 0 Å². The van der Waals surface area contributed by atoms with Crippen molar-refractivity contribution in [3.05, 3.63) is 11.4 Å². The molecule has 0 aliphatic carbocycles. The number of esters is 1. The molecule has 1 aliphatic heterocycles. The lowest BCUT2D eigenvalue weighted by Gasteiger charge is -2.06. The van der Waals surface area contributed by atoms with E-state index in [-0.39, 0.29) is 12.4 Å². The Balaban J connectivity index is 2.43. The van der Waals surface area contributed by atoms with Gasteiger partial charge in [0.25, 0.3) is 0 Å². The van der Waals surface area contributed by atoms with Gasteiger partial charge in [0.15, 0.2) is 0 Å². The highest BCUT2D eigenvalue weighted by atomic mass is 16.5. The first-order chi connectivity index (χ1) is 6.24. The van der Waals surface area contributed by atoms with Crippen LogP contribution < -0.4 is 11.1 Å². The van der Waals surface area contributed by atoms with E-state index < -0.39 is 0 Å². The molecule has 0 radical (unpaired) electrons. The van der Waals surface area contributed by atoms with Gasteiger partial charge in [-0.05, 0) is 19.8 Å². The summed E-state index contributed by atoms with van der Waals surface area (Å²) in [7, 11) is 0. The van der Waals surface area contributed by atoms with Crippen LogP contribution in [-0.4, -0.2) is 19.1 Å². The van der Waals surface area contributed by atoms with E-state index in [2.05, 4.69) is 5.32 Å². The van der Waals surface area contributed by atoms with E-state index in [1.165, 1.54) is 0 Å². The summed E-state index contributed by atoms with van der Waals surface area (Å²) in [6.07, 6.45) is 2.25. The van der Waals surface area contributed by atoms with Crippen molar-refractivity contribution in [3.63, 3.8) is 0 Å². The highest BCUT2D eigenvalue weighted by molar-refractivity contribution is 5.72. The molecule has 0 aromatic heterocycles. The molecule has 0 aromatic rings. The topological polar surface area (TPSA) is 64.3 Å². The standard InChI is InChI=1S/C9H16N2O2/c1-2-13-9(12)6-7(10)8-4-3-5-11-8/h11H,2-6,10H2,1H3. The number of carbonyl (C=O) groups excluding carboxylic acids is 1. The first kappa shape index (κ1) is 9.89. The third-order valence-electron chi connectivity index (χ3n) is 1.97. The second kappa shape index (κ2) is 4.74. The lowest BCUT2D eigenvalue weighted by molar-refractivity contribution is -0.142. The second-order valence-electron chi connectivity index (χ2n) is 3.02. The van der Waals surface area contributed by atoms with Crippen molar-refractivity contribution >= 4 is 5.97 Å². The van der Waals surface area contributed by atoms with Gasteiger partial charge in [-0.15, -0.1) is 0 Å². The molecule has 4 nitrogen and oxygen atoms in total. The third kappa shape index (κ3) is 2.97. The first-order valence-electron chi connectivity index (χ1n) is 4.61. The quantitative estimate of drug-likeness (QED) is 0.627. The molecule has 1 fully saturated rings. The normalized spacial score (nSPS) is 19.5. The van der Waals surface area contributed by atoms with Crippen molar-refractivity contribution in [2.45, 2.75) is 26.2 Å². The Bertz CT molecular complexity index is 216. The number of nitrogens with one attached hydrogen (secondary N) is 1. The fourth-order valence-corrected chi connectivity index (χ4v) is 1.34. The van der Waals surface area contributed by atoms with E-state index in [1.807, 2.05) is 0 Å². The largest absolute Gasteiger partial charge is 0.466 e. The van der Waals surface area contributed by atoms with E-state index in [0.29, 0.717) is 12.3 Å². The number of hydrogen-bond acceptors (Lipinski definition) is 4. The van der Waals surface area contributed by atoms with Crippen molar-refractivity contribution < 1.29 is 9.53 Å². The van der Waals surface area contributed by atoms with Crippen LogP contribution in [0.1, 0.15) is 26.2 Å². The summed E-state index contributed by atoms with van der Waals surface area (Å²) in [6.45, 7) is 3.16. The summed E-state index contributed by atoms with van der Waals surface area (Å²) >= 11 is 0. The van der Waals surface area contributed by atoms with Crippen LogP contribution in [0, 0.1) is 0 Å². The number of rotatable bonds is 3. The molecule has 1 aliphatic rings. The molecule has 0 atom stereocenters. The number of carbonyl (C=O) groups is 1. The van der Waals surface area contributed by atoms with Crippen LogP contribution in [0.4, 0.5) is 0 Å². The lowest BCUT2D eigenvalue weighted by atomic mass is 10.2. The van der Waals surface area contributed by atoms with Crippen molar-refractivity contribution in [1.82, 2.24) is 5.32 Å². The van der Waals surface area contributed by atoms with Crippen LogP contribution in [0.2, 0.25) is 0 Å². The Kier molecular flexibility index (Phi) is 3.61. The predicted molar refractivity (Wildman–Crippen MR) is 49.7 cm³/mol. The second-order valence-corrected chi connectivity index (χ2v) is 3.02. The highest BCUT2D eigenvalue weighted by Gasteiger charge is 2.12. The van der Waals surface area contributed by atoms with Gasteiger partial charge in [0, 0.05) is 17.9 Å². The van der Waals surface area contributed by atoms with Crippen molar-refractivity contribution in [1.29, 1.82) is 0 Å². The summed E-state index contributed by atoms with van der Waals surface area (Å²) in [5.74, 6) is -0.249. The van der Waals surface area contributed by atoms with Crippen LogP contribution in [0.15, 0.2) is 11.4 Å². The smallest absolute Gasteiger partial charge is 0.311 e. The monoisotopic (exact) mass is 184 g/mol. The van der Waals surface area contributed by atoms with E-state index in [9.17, 15) is 4.79 Å². The van der Waals surface area contributed by atoms with Gasteiger partial charge in [0.2, 0.25) is 0 Å². The van der Waals surface area contributed by atoms with Crippen molar-refractivity contribution in [3.8, 4) is 0 Å². The Hall–Kier alpha value is -1.19. The average Bonchev–Trinajstić information content (AvgIpc) is 2.55.